The minimum Gasteiger partial charge on any atom is -0.462 e. The summed E-state index contributed by atoms with van der Waals surface area (Å²) < 4.78 is 17.0. The number of esters is 3. The van der Waals surface area contributed by atoms with Crippen molar-refractivity contribution in [2.75, 3.05) is 13.2 Å². The first-order chi connectivity index (χ1) is 41.0. The van der Waals surface area contributed by atoms with Crippen LogP contribution in [-0.4, -0.2) is 37.2 Å². The van der Waals surface area contributed by atoms with Crippen molar-refractivity contribution in [1.82, 2.24) is 0 Å². The van der Waals surface area contributed by atoms with Gasteiger partial charge in [-0.1, -0.05) is 337 Å². The van der Waals surface area contributed by atoms with Crippen LogP contribution < -0.4 is 0 Å². The highest BCUT2D eigenvalue weighted by Crippen LogP contribution is 2.18. The number of ether oxygens (including phenoxy) is 3. The van der Waals surface area contributed by atoms with Crippen molar-refractivity contribution >= 4 is 17.9 Å². The summed E-state index contributed by atoms with van der Waals surface area (Å²) in [4.78, 5) is 38.5. The second-order valence-corrected chi connectivity index (χ2v) is 24.1. The molecule has 0 rings (SSSR count). The molecule has 0 aliphatic heterocycles. The third-order valence-corrected chi connectivity index (χ3v) is 15.9. The van der Waals surface area contributed by atoms with Crippen LogP contribution in [0.5, 0.6) is 0 Å². The lowest BCUT2D eigenvalue weighted by atomic mass is 10.0. The van der Waals surface area contributed by atoms with Crippen LogP contribution in [0.1, 0.15) is 367 Å². The van der Waals surface area contributed by atoms with Gasteiger partial charge in [0.2, 0.25) is 0 Å². The highest BCUT2D eigenvalue weighted by atomic mass is 16.6. The average molecular weight is 1160 g/mol. The largest absolute Gasteiger partial charge is 0.462 e. The highest BCUT2D eigenvalue weighted by molar-refractivity contribution is 5.71. The van der Waals surface area contributed by atoms with E-state index >= 15 is 0 Å². The molecule has 0 saturated carbocycles. The third-order valence-electron chi connectivity index (χ3n) is 15.9. The van der Waals surface area contributed by atoms with Gasteiger partial charge in [-0.15, -0.1) is 0 Å². The Labute approximate surface area is 515 Å². The van der Waals surface area contributed by atoms with E-state index < -0.39 is 6.10 Å². The molecule has 0 aromatic rings. The van der Waals surface area contributed by atoms with Crippen molar-refractivity contribution in [1.29, 1.82) is 0 Å². The number of carbonyl (C=O) groups is 3. The molecule has 0 radical (unpaired) electrons. The zero-order valence-electron chi connectivity index (χ0n) is 55.2. The Morgan fingerprint density at radius 2 is 0.470 bits per heavy atom. The lowest BCUT2D eigenvalue weighted by Gasteiger charge is -2.18. The normalized spacial score (nSPS) is 12.6. The number of hydrogen-bond donors (Lipinski definition) is 0. The van der Waals surface area contributed by atoms with E-state index in [0.29, 0.717) is 19.3 Å². The predicted molar refractivity (Wildman–Crippen MR) is 362 cm³/mol. The topological polar surface area (TPSA) is 78.9 Å². The van der Waals surface area contributed by atoms with Crippen molar-refractivity contribution in [3.05, 3.63) is 85.1 Å². The molecule has 0 N–H and O–H groups in total. The molecule has 0 heterocycles. The number of hydrogen-bond acceptors (Lipinski definition) is 6. The molecule has 0 fully saturated rings. The summed E-state index contributed by atoms with van der Waals surface area (Å²) >= 11 is 0. The fourth-order valence-corrected chi connectivity index (χ4v) is 10.5. The van der Waals surface area contributed by atoms with Crippen LogP contribution in [0, 0.1) is 0 Å². The fraction of sp³-hybridized carbons (Fsp3) is 0.779. The SMILES string of the molecule is CC/C=C\C/C=C\C/C=C\C/C=C\C/C=C\C/C=C\CCCCCCCCC(=O)OCC(COC(=O)CCCCCCCCC/C=C\CCCCCCCCC)OC(=O)CCCCCCCCCCCCCCCCCCCCCCCC. The maximum Gasteiger partial charge on any atom is 0.306 e. The number of rotatable bonds is 66. The summed E-state index contributed by atoms with van der Waals surface area (Å²) in [5.74, 6) is -0.877. The third kappa shape index (κ3) is 69.3. The Morgan fingerprint density at radius 1 is 0.253 bits per heavy atom. The van der Waals surface area contributed by atoms with Gasteiger partial charge in [-0.2, -0.15) is 0 Å². The van der Waals surface area contributed by atoms with E-state index in [-0.39, 0.29) is 31.1 Å². The summed E-state index contributed by atoms with van der Waals surface area (Å²) in [7, 11) is 0. The van der Waals surface area contributed by atoms with E-state index in [1.165, 1.54) is 218 Å². The molecule has 6 nitrogen and oxygen atoms in total. The molecular formula is C77H136O6. The molecule has 480 valence electrons. The number of carbonyl (C=O) groups excluding carboxylic acids is 3. The molecule has 0 aromatic carbocycles. The van der Waals surface area contributed by atoms with Crippen LogP contribution in [-0.2, 0) is 28.6 Å². The summed E-state index contributed by atoms with van der Waals surface area (Å²) in [5.41, 5.74) is 0. The van der Waals surface area contributed by atoms with Crippen molar-refractivity contribution in [3.63, 3.8) is 0 Å². The minimum atomic E-state index is -0.786. The minimum absolute atomic E-state index is 0.0801. The van der Waals surface area contributed by atoms with Gasteiger partial charge in [0.15, 0.2) is 6.10 Å². The standard InChI is InChI=1S/C77H136O6/c1-4-7-10-13-16-19-22-25-28-31-34-36-38-39-40-42-43-46-49-52-55-58-61-64-67-70-76(79)82-73-74(72-81-75(78)69-66-63-60-57-54-51-48-45-33-30-27-24-21-18-15-12-9-6-3)83-77(80)71-68-65-62-59-56-53-50-47-44-41-37-35-32-29-26-23-20-17-14-11-8-5-2/h7,10,16,19,25,28,30,33-34,36,39-40,43,46,74H,4-6,8-9,11-15,17-18,20-24,26-27,29,31-32,35,37-38,41-42,44-45,47-73H2,1-3H3/b10-7-,19-16-,28-25-,33-30-,36-34-,40-39-,46-43-. The van der Waals surface area contributed by atoms with Gasteiger partial charge in [0.25, 0.3) is 0 Å². The van der Waals surface area contributed by atoms with Gasteiger partial charge in [0.1, 0.15) is 13.2 Å². The molecule has 6 heteroatoms. The highest BCUT2D eigenvalue weighted by Gasteiger charge is 2.19. The van der Waals surface area contributed by atoms with Gasteiger partial charge in [0.05, 0.1) is 0 Å². The molecule has 1 atom stereocenters. The molecule has 0 spiro atoms. The zero-order valence-corrected chi connectivity index (χ0v) is 55.2. The lowest BCUT2D eigenvalue weighted by molar-refractivity contribution is -0.167. The maximum atomic E-state index is 13.0. The van der Waals surface area contributed by atoms with E-state index in [4.69, 9.17) is 14.2 Å². The zero-order chi connectivity index (χ0) is 59.9. The van der Waals surface area contributed by atoms with Gasteiger partial charge in [-0.25, -0.2) is 0 Å². The molecule has 0 bridgehead atoms. The van der Waals surface area contributed by atoms with Crippen molar-refractivity contribution in [3.8, 4) is 0 Å². The number of allylic oxidation sites excluding steroid dienone is 14. The monoisotopic (exact) mass is 1160 g/mol. The van der Waals surface area contributed by atoms with Gasteiger partial charge >= 0.3 is 17.9 Å². The second-order valence-electron chi connectivity index (χ2n) is 24.1. The lowest BCUT2D eigenvalue weighted by Crippen LogP contribution is -2.30. The Morgan fingerprint density at radius 3 is 0.747 bits per heavy atom. The smallest absolute Gasteiger partial charge is 0.306 e. The molecule has 0 saturated heterocycles. The predicted octanol–water partition coefficient (Wildman–Crippen LogP) is 25.0. The maximum absolute atomic E-state index is 13.0. The summed E-state index contributed by atoms with van der Waals surface area (Å²) in [6, 6.07) is 0. The first-order valence-electron chi connectivity index (χ1n) is 36.1. The van der Waals surface area contributed by atoms with Crippen molar-refractivity contribution < 1.29 is 28.6 Å². The fourth-order valence-electron chi connectivity index (χ4n) is 10.5. The Hall–Kier alpha value is -3.41. The van der Waals surface area contributed by atoms with Crippen LogP contribution in [0.3, 0.4) is 0 Å². The van der Waals surface area contributed by atoms with Crippen molar-refractivity contribution in [2.45, 2.75) is 374 Å². The molecular weight excluding hydrogens is 1020 g/mol. The van der Waals surface area contributed by atoms with E-state index in [2.05, 4.69) is 106 Å². The first-order valence-corrected chi connectivity index (χ1v) is 36.1. The van der Waals surface area contributed by atoms with Gasteiger partial charge in [0, 0.05) is 19.3 Å². The molecule has 0 aliphatic carbocycles. The molecule has 0 aliphatic rings. The van der Waals surface area contributed by atoms with Gasteiger partial charge in [-0.3, -0.25) is 14.4 Å². The van der Waals surface area contributed by atoms with Crippen LogP contribution in [0.15, 0.2) is 85.1 Å². The second kappa shape index (κ2) is 71.1. The van der Waals surface area contributed by atoms with Crippen LogP contribution in [0.25, 0.3) is 0 Å². The van der Waals surface area contributed by atoms with Gasteiger partial charge in [-0.05, 0) is 96.3 Å². The van der Waals surface area contributed by atoms with Crippen LogP contribution >= 0.6 is 0 Å². The summed E-state index contributed by atoms with van der Waals surface area (Å²) in [6.07, 6.45) is 94.6. The van der Waals surface area contributed by atoms with E-state index in [9.17, 15) is 14.4 Å². The van der Waals surface area contributed by atoms with E-state index in [1.54, 1.807) is 0 Å². The quantitative estimate of drug-likeness (QED) is 0.0261. The Balaban J connectivity index is 4.38. The average Bonchev–Trinajstić information content (AvgIpc) is 3.50. The molecule has 1 unspecified atom stereocenters. The summed E-state index contributed by atoms with van der Waals surface area (Å²) in [6.45, 7) is 6.57. The van der Waals surface area contributed by atoms with Crippen LogP contribution in [0.4, 0.5) is 0 Å². The van der Waals surface area contributed by atoms with E-state index in [1.807, 2.05) is 0 Å². The van der Waals surface area contributed by atoms with Crippen LogP contribution in [0.2, 0.25) is 0 Å². The summed E-state index contributed by atoms with van der Waals surface area (Å²) in [5, 5.41) is 0. The molecule has 83 heavy (non-hydrogen) atoms. The number of unbranched alkanes of at least 4 members (excludes halogenated alkanes) is 41. The Kier molecular flexibility index (Phi) is 68.2. The van der Waals surface area contributed by atoms with Crippen molar-refractivity contribution in [2.24, 2.45) is 0 Å². The molecule has 0 aromatic heterocycles. The van der Waals surface area contributed by atoms with E-state index in [0.717, 1.165) is 109 Å². The Bertz CT molecular complexity index is 1570. The van der Waals surface area contributed by atoms with Gasteiger partial charge < -0.3 is 14.2 Å². The first kappa shape index (κ1) is 79.6. The molecule has 0 amide bonds.